The van der Waals surface area contributed by atoms with Crippen LogP contribution in [-0.4, -0.2) is 42.6 Å². The molecule has 0 saturated carbocycles. The molecule has 0 aliphatic carbocycles. The maximum atomic E-state index is 13.8. The summed E-state index contributed by atoms with van der Waals surface area (Å²) in [6.07, 6.45) is 2.52. The third-order valence-electron chi connectivity index (χ3n) is 3.57. The van der Waals surface area contributed by atoms with E-state index in [9.17, 15) is 12.8 Å². The molecule has 2 N–H and O–H groups in total. The molecule has 134 valence electrons. The summed E-state index contributed by atoms with van der Waals surface area (Å²) in [4.78, 5) is 0.0103. The van der Waals surface area contributed by atoms with Gasteiger partial charge in [0, 0.05) is 13.6 Å². The highest BCUT2D eigenvalue weighted by atomic mass is 35.5. The van der Waals surface area contributed by atoms with Gasteiger partial charge in [-0.25, -0.2) is 21.8 Å². The Labute approximate surface area is 147 Å². The summed E-state index contributed by atoms with van der Waals surface area (Å²) in [6.45, 7) is 4.42. The molecule has 0 saturated heterocycles. The molecule has 0 aliphatic heterocycles. The standard InChI is InChI=1S/C15H21FN4O2S.ClH/c1-15(2,10-17)11-19(3)23(21,22)12-8-18-20(9-12)14-7-5-4-6-13(14)16;/h4-9H,10-11,17H2,1-3H3;1H. The van der Waals surface area contributed by atoms with Crippen LogP contribution in [0, 0.1) is 11.2 Å². The molecule has 1 heterocycles. The molecule has 0 aliphatic rings. The monoisotopic (exact) mass is 376 g/mol. The number of hydrogen-bond acceptors (Lipinski definition) is 4. The van der Waals surface area contributed by atoms with Crippen LogP contribution >= 0.6 is 12.4 Å². The van der Waals surface area contributed by atoms with Gasteiger partial charge in [0.15, 0.2) is 0 Å². The number of benzene rings is 1. The molecular weight excluding hydrogens is 355 g/mol. The number of para-hydroxylation sites is 1. The molecule has 1 aromatic heterocycles. The van der Waals surface area contributed by atoms with Gasteiger partial charge in [-0.1, -0.05) is 26.0 Å². The highest BCUT2D eigenvalue weighted by Gasteiger charge is 2.28. The first-order valence-electron chi connectivity index (χ1n) is 7.13. The quantitative estimate of drug-likeness (QED) is 0.836. The van der Waals surface area contributed by atoms with Crippen LogP contribution in [0.15, 0.2) is 41.6 Å². The predicted octanol–water partition coefficient (Wildman–Crippen LogP) is 2.04. The van der Waals surface area contributed by atoms with Crippen molar-refractivity contribution in [1.82, 2.24) is 14.1 Å². The third-order valence-corrected chi connectivity index (χ3v) is 5.33. The van der Waals surface area contributed by atoms with E-state index in [1.54, 1.807) is 12.1 Å². The molecule has 24 heavy (non-hydrogen) atoms. The Hall–Kier alpha value is -1.48. The second kappa shape index (κ2) is 7.60. The van der Waals surface area contributed by atoms with E-state index >= 15 is 0 Å². The number of hydrogen-bond donors (Lipinski definition) is 1. The van der Waals surface area contributed by atoms with Crippen molar-refractivity contribution in [3.05, 3.63) is 42.5 Å². The van der Waals surface area contributed by atoms with Crippen LogP contribution in [0.25, 0.3) is 5.69 Å². The molecule has 0 bridgehead atoms. The summed E-state index contributed by atoms with van der Waals surface area (Å²) in [5, 5.41) is 3.96. The predicted molar refractivity (Wildman–Crippen MR) is 93.4 cm³/mol. The zero-order chi connectivity index (χ0) is 17.3. The fraction of sp³-hybridized carbons (Fsp3) is 0.400. The van der Waals surface area contributed by atoms with E-state index in [1.165, 1.54) is 40.6 Å². The van der Waals surface area contributed by atoms with Crippen molar-refractivity contribution in [2.75, 3.05) is 20.1 Å². The van der Waals surface area contributed by atoms with Gasteiger partial charge in [-0.2, -0.15) is 5.10 Å². The number of aromatic nitrogens is 2. The van der Waals surface area contributed by atoms with E-state index in [-0.39, 0.29) is 34.9 Å². The Balaban J connectivity index is 0.00000288. The van der Waals surface area contributed by atoms with E-state index < -0.39 is 15.8 Å². The lowest BCUT2D eigenvalue weighted by atomic mass is 9.94. The second-order valence-electron chi connectivity index (χ2n) is 6.20. The summed E-state index contributed by atoms with van der Waals surface area (Å²) >= 11 is 0. The number of sulfonamides is 1. The van der Waals surface area contributed by atoms with Gasteiger partial charge in [-0.15, -0.1) is 12.4 Å². The Kier molecular flexibility index (Phi) is 6.52. The van der Waals surface area contributed by atoms with E-state index in [0.29, 0.717) is 6.54 Å². The first-order chi connectivity index (χ1) is 10.7. The Morgan fingerprint density at radius 2 is 1.96 bits per heavy atom. The van der Waals surface area contributed by atoms with Crippen molar-refractivity contribution in [2.45, 2.75) is 18.7 Å². The van der Waals surface area contributed by atoms with E-state index in [0.717, 1.165) is 0 Å². The zero-order valence-corrected chi connectivity index (χ0v) is 15.4. The maximum Gasteiger partial charge on any atom is 0.245 e. The Morgan fingerprint density at radius 3 is 2.54 bits per heavy atom. The molecule has 0 fully saturated rings. The van der Waals surface area contributed by atoms with Gasteiger partial charge in [0.25, 0.3) is 0 Å². The molecular formula is C15H22ClFN4O2S. The van der Waals surface area contributed by atoms with E-state index in [2.05, 4.69) is 5.10 Å². The van der Waals surface area contributed by atoms with Crippen molar-refractivity contribution in [2.24, 2.45) is 11.1 Å². The highest BCUT2D eigenvalue weighted by molar-refractivity contribution is 7.89. The van der Waals surface area contributed by atoms with Gasteiger partial charge in [-0.3, -0.25) is 0 Å². The summed E-state index contributed by atoms with van der Waals surface area (Å²) in [7, 11) is -2.22. The smallest absolute Gasteiger partial charge is 0.245 e. The lowest BCUT2D eigenvalue weighted by Crippen LogP contribution is -2.39. The van der Waals surface area contributed by atoms with E-state index in [4.69, 9.17) is 5.73 Å². The normalized spacial score (nSPS) is 12.2. The van der Waals surface area contributed by atoms with Crippen LogP contribution in [-0.2, 0) is 10.0 Å². The summed E-state index contributed by atoms with van der Waals surface area (Å²) in [5.41, 5.74) is 5.50. The molecule has 0 unspecified atom stereocenters. The second-order valence-corrected chi connectivity index (χ2v) is 8.25. The summed E-state index contributed by atoms with van der Waals surface area (Å²) in [5.74, 6) is -0.475. The SMILES string of the molecule is CN(CC(C)(C)CN)S(=O)(=O)c1cnn(-c2ccccc2F)c1.Cl. The summed E-state index contributed by atoms with van der Waals surface area (Å²) in [6, 6.07) is 6.04. The van der Waals surface area contributed by atoms with Crippen molar-refractivity contribution in [3.63, 3.8) is 0 Å². The third kappa shape index (κ3) is 4.32. The maximum absolute atomic E-state index is 13.8. The minimum Gasteiger partial charge on any atom is -0.330 e. The van der Waals surface area contributed by atoms with Gasteiger partial charge < -0.3 is 5.73 Å². The molecule has 9 heteroatoms. The Bertz CT molecular complexity index is 792. The molecule has 6 nitrogen and oxygen atoms in total. The molecule has 2 aromatic rings. The van der Waals surface area contributed by atoms with Crippen molar-refractivity contribution < 1.29 is 12.8 Å². The lowest BCUT2D eigenvalue weighted by Gasteiger charge is -2.28. The lowest BCUT2D eigenvalue weighted by molar-refractivity contribution is 0.292. The molecule has 0 radical (unpaired) electrons. The van der Waals surface area contributed by atoms with Crippen molar-refractivity contribution in [3.8, 4) is 5.69 Å². The fourth-order valence-corrected chi connectivity index (χ4v) is 3.43. The van der Waals surface area contributed by atoms with Crippen LogP contribution in [0.5, 0.6) is 0 Å². The minimum absolute atomic E-state index is 0. The van der Waals surface area contributed by atoms with Gasteiger partial charge >= 0.3 is 0 Å². The number of nitrogens with zero attached hydrogens (tertiary/aromatic N) is 3. The van der Waals surface area contributed by atoms with Crippen LogP contribution in [0.2, 0.25) is 0 Å². The first kappa shape index (κ1) is 20.6. The number of nitrogens with two attached hydrogens (primary N) is 1. The highest BCUT2D eigenvalue weighted by Crippen LogP contribution is 2.21. The molecule has 2 rings (SSSR count). The largest absolute Gasteiger partial charge is 0.330 e. The molecule has 0 atom stereocenters. The van der Waals surface area contributed by atoms with Crippen LogP contribution < -0.4 is 5.73 Å². The molecule has 1 aromatic carbocycles. The zero-order valence-electron chi connectivity index (χ0n) is 13.8. The topological polar surface area (TPSA) is 81.2 Å². The van der Waals surface area contributed by atoms with Crippen LogP contribution in [0.4, 0.5) is 4.39 Å². The molecule has 0 spiro atoms. The van der Waals surface area contributed by atoms with Gasteiger partial charge in [0.05, 0.1) is 12.4 Å². The van der Waals surface area contributed by atoms with Crippen LogP contribution in [0.1, 0.15) is 13.8 Å². The van der Waals surface area contributed by atoms with E-state index in [1.807, 2.05) is 13.8 Å². The Morgan fingerprint density at radius 1 is 1.33 bits per heavy atom. The fourth-order valence-electron chi connectivity index (χ4n) is 2.14. The van der Waals surface area contributed by atoms with Crippen molar-refractivity contribution in [1.29, 1.82) is 0 Å². The average molecular weight is 377 g/mol. The summed E-state index contributed by atoms with van der Waals surface area (Å²) < 4.78 is 41.4. The van der Waals surface area contributed by atoms with Crippen molar-refractivity contribution >= 4 is 22.4 Å². The van der Waals surface area contributed by atoms with Gasteiger partial charge in [-0.05, 0) is 24.1 Å². The minimum atomic E-state index is -3.71. The van der Waals surface area contributed by atoms with Crippen LogP contribution in [0.3, 0.4) is 0 Å². The average Bonchev–Trinajstić information content (AvgIpc) is 2.97. The first-order valence-corrected chi connectivity index (χ1v) is 8.57. The van der Waals surface area contributed by atoms with Gasteiger partial charge in [0.2, 0.25) is 10.0 Å². The molecule has 0 amide bonds. The van der Waals surface area contributed by atoms with Gasteiger partial charge in [0.1, 0.15) is 16.4 Å². The number of rotatable bonds is 6. The number of halogens is 2.